The minimum Gasteiger partial charge on any atom is -0.124 e. The first-order valence-electron chi connectivity index (χ1n) is 13.3. The first-order chi connectivity index (χ1) is 15.6. The maximum atomic E-state index is 3.97. The second-order valence-electron chi connectivity index (χ2n) is 7.66. The van der Waals surface area contributed by atoms with Crippen molar-refractivity contribution in [3.8, 4) is 0 Å². The van der Waals surface area contributed by atoms with Gasteiger partial charge in [-0.2, -0.15) is 0 Å². The van der Waals surface area contributed by atoms with Crippen LogP contribution in [-0.4, -0.2) is 0 Å². The molecule has 1 rings (SSSR count). The Hall–Kier alpha value is -1.78. The molecule has 184 valence electrons. The van der Waals surface area contributed by atoms with Crippen molar-refractivity contribution in [3.63, 3.8) is 0 Å². The van der Waals surface area contributed by atoms with Crippen molar-refractivity contribution in [1.82, 2.24) is 0 Å². The van der Waals surface area contributed by atoms with E-state index in [0.29, 0.717) is 5.92 Å². The summed E-state index contributed by atoms with van der Waals surface area (Å²) in [6.07, 6.45) is 24.7. The molecule has 0 radical (unpaired) electrons. The number of unbranched alkanes of at least 4 members (excludes halogenated alkanes) is 1. The van der Waals surface area contributed by atoms with E-state index in [2.05, 4.69) is 90.0 Å². The Morgan fingerprint density at radius 2 is 1.81 bits per heavy atom. The van der Waals surface area contributed by atoms with Crippen LogP contribution in [0.25, 0.3) is 0 Å². The van der Waals surface area contributed by atoms with Crippen LogP contribution in [0.1, 0.15) is 114 Å². The number of hydrogen-bond acceptors (Lipinski definition) is 0. The summed E-state index contributed by atoms with van der Waals surface area (Å²) >= 11 is 0. The fraction of sp³-hybridized carbons (Fsp3) is 0.594. The minimum absolute atomic E-state index is 0.608. The van der Waals surface area contributed by atoms with Crippen LogP contribution in [0.15, 0.2) is 78.1 Å². The normalized spacial score (nSPS) is 14.3. The van der Waals surface area contributed by atoms with Gasteiger partial charge in [-0.3, -0.25) is 0 Å². The van der Waals surface area contributed by atoms with E-state index in [-0.39, 0.29) is 0 Å². The summed E-state index contributed by atoms with van der Waals surface area (Å²) in [6, 6.07) is 0. The van der Waals surface area contributed by atoms with Gasteiger partial charge in [0.2, 0.25) is 0 Å². The van der Waals surface area contributed by atoms with Crippen LogP contribution < -0.4 is 0 Å². The molecule has 0 heterocycles. The number of allylic oxidation sites excluding steroid dienone is 10. The number of rotatable bonds is 11. The van der Waals surface area contributed by atoms with E-state index in [4.69, 9.17) is 0 Å². The van der Waals surface area contributed by atoms with Gasteiger partial charge in [0.05, 0.1) is 0 Å². The van der Waals surface area contributed by atoms with Crippen LogP contribution >= 0.6 is 0 Å². The van der Waals surface area contributed by atoms with Gasteiger partial charge in [0.1, 0.15) is 0 Å². The molecule has 0 saturated heterocycles. The van der Waals surface area contributed by atoms with Crippen molar-refractivity contribution < 1.29 is 0 Å². The highest BCUT2D eigenvalue weighted by molar-refractivity contribution is 5.40. The van der Waals surface area contributed by atoms with Crippen LogP contribution in [0.2, 0.25) is 0 Å². The second-order valence-corrected chi connectivity index (χ2v) is 7.66. The molecule has 0 aromatic heterocycles. The van der Waals surface area contributed by atoms with E-state index in [9.17, 15) is 0 Å². The average Bonchev–Trinajstić information content (AvgIpc) is 2.86. The van der Waals surface area contributed by atoms with Crippen LogP contribution in [0.5, 0.6) is 0 Å². The molecule has 0 bridgehead atoms. The van der Waals surface area contributed by atoms with Crippen LogP contribution in [0.4, 0.5) is 0 Å². The average molecular weight is 441 g/mol. The molecular formula is C32H56. The monoisotopic (exact) mass is 440 g/mol. The second kappa shape index (κ2) is 27.3. The van der Waals surface area contributed by atoms with Crippen LogP contribution in [0, 0.1) is 11.8 Å². The van der Waals surface area contributed by atoms with E-state index in [1.54, 1.807) is 0 Å². The molecule has 2 unspecified atom stereocenters. The maximum absolute atomic E-state index is 3.97. The molecule has 0 spiro atoms. The predicted octanol–water partition coefficient (Wildman–Crippen LogP) is 11.4. The first-order valence-corrected chi connectivity index (χ1v) is 13.3. The molecule has 32 heavy (non-hydrogen) atoms. The predicted molar refractivity (Wildman–Crippen MR) is 152 cm³/mol. The van der Waals surface area contributed by atoms with Crippen molar-refractivity contribution in [2.75, 3.05) is 0 Å². The smallest absolute Gasteiger partial charge is 0.00336 e. The summed E-state index contributed by atoms with van der Waals surface area (Å²) in [5.41, 5.74) is 7.27. The molecule has 0 heteroatoms. The molecular weight excluding hydrogens is 384 g/mol. The topological polar surface area (TPSA) is 0 Å². The zero-order chi connectivity index (χ0) is 25.2. The summed E-state index contributed by atoms with van der Waals surface area (Å²) in [4.78, 5) is 0. The SMILES string of the molecule is C=C=C(C(/C=C\C)=C/CC)C(CCCC)CC(C)CC.C=CC1=CC=CCC1.CC.CC. The Kier molecular flexibility index (Phi) is 29.7. The Bertz CT molecular complexity index is 588. The molecule has 0 aromatic carbocycles. The highest BCUT2D eigenvalue weighted by Crippen LogP contribution is 2.31. The summed E-state index contributed by atoms with van der Waals surface area (Å²) in [7, 11) is 0. The van der Waals surface area contributed by atoms with Gasteiger partial charge in [-0.15, -0.1) is 5.73 Å². The third-order valence-corrected chi connectivity index (χ3v) is 5.28. The summed E-state index contributed by atoms with van der Waals surface area (Å²) in [5.74, 6) is 1.38. The lowest BCUT2D eigenvalue weighted by atomic mass is 9.81. The highest BCUT2D eigenvalue weighted by atomic mass is 14.2. The molecule has 1 aliphatic rings. The largest absolute Gasteiger partial charge is 0.124 e. The van der Waals surface area contributed by atoms with E-state index in [1.807, 2.05) is 33.8 Å². The van der Waals surface area contributed by atoms with E-state index in [0.717, 1.165) is 12.3 Å². The van der Waals surface area contributed by atoms with Gasteiger partial charge in [-0.05, 0) is 62.0 Å². The Morgan fingerprint density at radius 3 is 2.19 bits per heavy atom. The van der Waals surface area contributed by atoms with Gasteiger partial charge in [0.15, 0.2) is 0 Å². The quantitative estimate of drug-likeness (QED) is 0.221. The molecule has 0 aliphatic heterocycles. The molecule has 0 saturated carbocycles. The molecule has 0 N–H and O–H groups in total. The lowest BCUT2D eigenvalue weighted by Crippen LogP contribution is -2.10. The molecule has 1 aliphatic carbocycles. The van der Waals surface area contributed by atoms with Crippen molar-refractivity contribution in [3.05, 3.63) is 78.1 Å². The van der Waals surface area contributed by atoms with Crippen LogP contribution in [-0.2, 0) is 0 Å². The fourth-order valence-corrected chi connectivity index (χ4v) is 3.42. The summed E-state index contributed by atoms with van der Waals surface area (Å²) in [5, 5.41) is 0. The zero-order valence-corrected chi connectivity index (χ0v) is 23.3. The standard InChI is InChI=1S/C20H34.C8H10.2C2H6/c1-7-12-15-19(16-17(6)10-4)20(11-5)18(13-8-2)14-9-3;1-2-8-6-4-3-5-7-8;2*1-2/h8,13-14,17,19H,5,7,9-10,12,15-16H2,1-4,6H3;2-4,6H,1,5,7H2;2*1-2H3/b13-8-,18-14+;;;. The highest BCUT2D eigenvalue weighted by Gasteiger charge is 2.18. The lowest BCUT2D eigenvalue weighted by Gasteiger charge is -2.23. The third kappa shape index (κ3) is 17.9. The van der Waals surface area contributed by atoms with Crippen molar-refractivity contribution >= 4 is 0 Å². The summed E-state index contributed by atoms with van der Waals surface area (Å²) in [6.45, 7) is 26.8. The van der Waals surface area contributed by atoms with E-state index < -0.39 is 0 Å². The zero-order valence-electron chi connectivity index (χ0n) is 23.3. The molecule has 0 amide bonds. The molecule has 2 atom stereocenters. The van der Waals surface area contributed by atoms with Gasteiger partial charge in [0.25, 0.3) is 0 Å². The lowest BCUT2D eigenvalue weighted by molar-refractivity contribution is 0.398. The first kappa shape index (κ1) is 34.8. The van der Waals surface area contributed by atoms with Gasteiger partial charge in [0, 0.05) is 5.57 Å². The van der Waals surface area contributed by atoms with Gasteiger partial charge < -0.3 is 0 Å². The summed E-state index contributed by atoms with van der Waals surface area (Å²) < 4.78 is 0. The molecule has 0 nitrogen and oxygen atoms in total. The Morgan fingerprint density at radius 1 is 1.16 bits per heavy atom. The van der Waals surface area contributed by atoms with Gasteiger partial charge in [-0.1, -0.05) is 130 Å². The van der Waals surface area contributed by atoms with Crippen molar-refractivity contribution in [2.45, 2.75) is 114 Å². The van der Waals surface area contributed by atoms with Crippen molar-refractivity contribution in [1.29, 1.82) is 0 Å². The minimum atomic E-state index is 0.608. The van der Waals surface area contributed by atoms with E-state index >= 15 is 0 Å². The number of hydrogen-bond donors (Lipinski definition) is 0. The molecule has 0 aromatic rings. The van der Waals surface area contributed by atoms with Gasteiger partial charge in [-0.25, -0.2) is 0 Å². The van der Waals surface area contributed by atoms with Crippen molar-refractivity contribution in [2.24, 2.45) is 11.8 Å². The maximum Gasteiger partial charge on any atom is 0.00336 e. The third-order valence-electron chi connectivity index (χ3n) is 5.28. The molecule has 0 fully saturated rings. The van der Waals surface area contributed by atoms with E-state index in [1.165, 1.54) is 61.7 Å². The fourth-order valence-electron chi connectivity index (χ4n) is 3.42. The van der Waals surface area contributed by atoms with Gasteiger partial charge >= 0.3 is 0 Å². The Labute approximate surface area is 203 Å². The Balaban J connectivity index is -0.000000575. The van der Waals surface area contributed by atoms with Crippen LogP contribution in [0.3, 0.4) is 0 Å².